The second kappa shape index (κ2) is 5.53. The number of fused-ring (bicyclic) bond motifs is 1. The third kappa shape index (κ3) is 2.96. The molecule has 0 spiro atoms. The standard InChI is InChI=1S/C15H20N6O2/c1-5-11-18-9(8-23-11)6-16-14-19-12-10(13(22)20-14)7-17-21(12)15(2,3)4/h7-8H,5-6H2,1-4H3,(H2,16,19,20,22). The highest BCUT2D eigenvalue weighted by molar-refractivity contribution is 5.74. The number of rotatable bonds is 4. The molecule has 3 aromatic heterocycles. The number of aryl methyl sites for hydroxylation is 1. The van der Waals surface area contributed by atoms with E-state index in [1.54, 1.807) is 17.1 Å². The van der Waals surface area contributed by atoms with Gasteiger partial charge < -0.3 is 9.73 Å². The van der Waals surface area contributed by atoms with Crippen LogP contribution < -0.4 is 10.9 Å². The molecule has 0 saturated heterocycles. The third-order valence-electron chi connectivity index (χ3n) is 3.41. The van der Waals surface area contributed by atoms with E-state index < -0.39 is 0 Å². The van der Waals surface area contributed by atoms with Crippen molar-refractivity contribution in [1.82, 2.24) is 24.7 Å². The average molecular weight is 316 g/mol. The van der Waals surface area contributed by atoms with Crippen molar-refractivity contribution in [1.29, 1.82) is 0 Å². The summed E-state index contributed by atoms with van der Waals surface area (Å²) in [6.07, 6.45) is 3.88. The van der Waals surface area contributed by atoms with E-state index in [1.165, 1.54) is 0 Å². The Morgan fingerprint density at radius 2 is 2.13 bits per heavy atom. The smallest absolute Gasteiger partial charge is 0.263 e. The SMILES string of the molecule is CCc1nc(CNc2nc3c(cnn3C(C)(C)C)c(=O)[nH]2)co1. The Hall–Kier alpha value is -2.64. The molecule has 0 aromatic carbocycles. The highest BCUT2D eigenvalue weighted by Gasteiger charge is 2.19. The van der Waals surface area contributed by atoms with Crippen LogP contribution in [0, 0.1) is 0 Å². The summed E-state index contributed by atoms with van der Waals surface area (Å²) in [6, 6.07) is 0. The number of nitrogens with one attached hydrogen (secondary N) is 2. The molecule has 0 unspecified atom stereocenters. The van der Waals surface area contributed by atoms with Crippen molar-refractivity contribution in [3.8, 4) is 0 Å². The lowest BCUT2D eigenvalue weighted by Gasteiger charge is -2.19. The Morgan fingerprint density at radius 3 is 2.78 bits per heavy atom. The first kappa shape index (κ1) is 15.3. The molecule has 0 aliphatic heterocycles. The molecule has 0 atom stereocenters. The minimum Gasteiger partial charge on any atom is -0.449 e. The first-order valence-corrected chi connectivity index (χ1v) is 7.54. The van der Waals surface area contributed by atoms with E-state index in [0.717, 1.165) is 12.1 Å². The maximum atomic E-state index is 12.2. The van der Waals surface area contributed by atoms with Gasteiger partial charge in [0.15, 0.2) is 11.5 Å². The third-order valence-corrected chi connectivity index (χ3v) is 3.41. The molecule has 0 bridgehead atoms. The zero-order valence-electron chi connectivity index (χ0n) is 13.7. The fourth-order valence-corrected chi connectivity index (χ4v) is 2.26. The summed E-state index contributed by atoms with van der Waals surface area (Å²) in [5.41, 5.74) is 0.830. The number of aromatic amines is 1. The lowest BCUT2D eigenvalue weighted by atomic mass is 10.1. The van der Waals surface area contributed by atoms with Gasteiger partial charge in [-0.3, -0.25) is 9.78 Å². The molecule has 0 amide bonds. The maximum absolute atomic E-state index is 12.2. The van der Waals surface area contributed by atoms with Gasteiger partial charge in [0, 0.05) is 6.42 Å². The summed E-state index contributed by atoms with van der Waals surface area (Å²) in [5, 5.41) is 7.82. The van der Waals surface area contributed by atoms with Gasteiger partial charge in [-0.1, -0.05) is 6.92 Å². The van der Waals surface area contributed by atoms with Crippen LogP contribution in [0.4, 0.5) is 5.95 Å². The van der Waals surface area contributed by atoms with E-state index in [4.69, 9.17) is 4.42 Å². The molecule has 0 aliphatic rings. The Bertz CT molecular complexity index is 883. The molecule has 0 saturated carbocycles. The first-order valence-electron chi connectivity index (χ1n) is 7.54. The number of H-pyrrole nitrogens is 1. The molecular weight excluding hydrogens is 296 g/mol. The van der Waals surface area contributed by atoms with Crippen LogP contribution >= 0.6 is 0 Å². The van der Waals surface area contributed by atoms with Crippen LogP contribution in [0.2, 0.25) is 0 Å². The zero-order valence-corrected chi connectivity index (χ0v) is 13.7. The summed E-state index contributed by atoms with van der Waals surface area (Å²) >= 11 is 0. The zero-order chi connectivity index (χ0) is 16.6. The molecule has 8 nitrogen and oxygen atoms in total. The second-order valence-corrected chi connectivity index (χ2v) is 6.32. The number of hydrogen-bond acceptors (Lipinski definition) is 6. The monoisotopic (exact) mass is 316 g/mol. The van der Waals surface area contributed by atoms with Crippen molar-refractivity contribution < 1.29 is 4.42 Å². The molecule has 8 heteroatoms. The van der Waals surface area contributed by atoms with Crippen LogP contribution in [0.5, 0.6) is 0 Å². The van der Waals surface area contributed by atoms with Gasteiger partial charge in [-0.2, -0.15) is 10.1 Å². The summed E-state index contributed by atoms with van der Waals surface area (Å²) in [4.78, 5) is 23.7. The summed E-state index contributed by atoms with van der Waals surface area (Å²) in [7, 11) is 0. The minimum atomic E-state index is -0.262. The van der Waals surface area contributed by atoms with E-state index in [-0.39, 0.29) is 11.1 Å². The van der Waals surface area contributed by atoms with Crippen molar-refractivity contribution in [3.05, 3.63) is 34.4 Å². The van der Waals surface area contributed by atoms with E-state index in [9.17, 15) is 4.79 Å². The van der Waals surface area contributed by atoms with Gasteiger partial charge in [-0.15, -0.1) is 0 Å². The molecule has 23 heavy (non-hydrogen) atoms. The van der Waals surface area contributed by atoms with Crippen molar-refractivity contribution in [2.75, 3.05) is 5.32 Å². The summed E-state index contributed by atoms with van der Waals surface area (Å²) in [6.45, 7) is 8.43. The van der Waals surface area contributed by atoms with Crippen LogP contribution in [0.15, 0.2) is 21.7 Å². The van der Waals surface area contributed by atoms with Crippen LogP contribution in [0.25, 0.3) is 11.0 Å². The lowest BCUT2D eigenvalue weighted by Crippen LogP contribution is -2.24. The van der Waals surface area contributed by atoms with Crippen molar-refractivity contribution in [3.63, 3.8) is 0 Å². The van der Waals surface area contributed by atoms with E-state index in [1.807, 2.05) is 27.7 Å². The van der Waals surface area contributed by atoms with E-state index in [0.29, 0.717) is 29.4 Å². The first-order chi connectivity index (χ1) is 10.9. The Balaban J connectivity index is 1.90. The van der Waals surface area contributed by atoms with Crippen LogP contribution in [-0.4, -0.2) is 24.7 Å². The van der Waals surface area contributed by atoms with Gasteiger partial charge >= 0.3 is 0 Å². The second-order valence-electron chi connectivity index (χ2n) is 6.32. The normalized spacial score (nSPS) is 12.0. The molecule has 3 rings (SSSR count). The number of aromatic nitrogens is 5. The Morgan fingerprint density at radius 1 is 1.35 bits per heavy atom. The number of hydrogen-bond donors (Lipinski definition) is 2. The minimum absolute atomic E-state index is 0.220. The Labute approximate surface area is 132 Å². The number of anilines is 1. The largest absolute Gasteiger partial charge is 0.449 e. The predicted molar refractivity (Wildman–Crippen MR) is 86.4 cm³/mol. The van der Waals surface area contributed by atoms with Gasteiger partial charge in [0.05, 0.1) is 24.0 Å². The highest BCUT2D eigenvalue weighted by Crippen LogP contribution is 2.18. The van der Waals surface area contributed by atoms with Crippen LogP contribution in [-0.2, 0) is 18.5 Å². The van der Waals surface area contributed by atoms with Gasteiger partial charge in [0.25, 0.3) is 5.56 Å². The molecular formula is C15H20N6O2. The summed E-state index contributed by atoms with van der Waals surface area (Å²) in [5.74, 6) is 1.07. The fourth-order valence-electron chi connectivity index (χ4n) is 2.26. The van der Waals surface area contributed by atoms with Crippen molar-refractivity contribution in [2.45, 2.75) is 46.2 Å². The Kier molecular flexibility index (Phi) is 3.67. The van der Waals surface area contributed by atoms with Gasteiger partial charge in [0.1, 0.15) is 11.6 Å². The molecule has 0 fully saturated rings. The van der Waals surface area contributed by atoms with Crippen molar-refractivity contribution in [2.24, 2.45) is 0 Å². The molecule has 122 valence electrons. The lowest BCUT2D eigenvalue weighted by molar-refractivity contribution is 0.366. The average Bonchev–Trinajstić information content (AvgIpc) is 3.11. The number of nitrogens with zero attached hydrogens (tertiary/aromatic N) is 4. The van der Waals surface area contributed by atoms with Crippen LogP contribution in [0.1, 0.15) is 39.3 Å². The highest BCUT2D eigenvalue weighted by atomic mass is 16.3. The topological polar surface area (TPSA) is 102 Å². The van der Waals surface area contributed by atoms with Gasteiger partial charge in [-0.25, -0.2) is 9.67 Å². The van der Waals surface area contributed by atoms with Gasteiger partial charge in [0.2, 0.25) is 5.95 Å². The van der Waals surface area contributed by atoms with E-state index in [2.05, 4.69) is 25.4 Å². The molecule has 0 radical (unpaired) electrons. The fraction of sp³-hybridized carbons (Fsp3) is 0.467. The van der Waals surface area contributed by atoms with Crippen LogP contribution in [0.3, 0.4) is 0 Å². The van der Waals surface area contributed by atoms with Gasteiger partial charge in [-0.05, 0) is 20.8 Å². The molecule has 3 heterocycles. The molecule has 3 aromatic rings. The van der Waals surface area contributed by atoms with E-state index >= 15 is 0 Å². The summed E-state index contributed by atoms with van der Waals surface area (Å²) < 4.78 is 7.03. The van der Waals surface area contributed by atoms with Crippen molar-refractivity contribution >= 4 is 17.0 Å². The predicted octanol–water partition coefficient (Wildman–Crippen LogP) is 2.04. The quantitative estimate of drug-likeness (QED) is 0.763. The maximum Gasteiger partial charge on any atom is 0.263 e. The number of oxazole rings is 1. The molecule has 0 aliphatic carbocycles. The molecule has 2 N–H and O–H groups in total.